The largest absolute Gasteiger partial charge is 0.394 e. The minimum absolute atomic E-state index is 0.155. The summed E-state index contributed by atoms with van der Waals surface area (Å²) in [7, 11) is 0. The average Bonchev–Trinajstić information content (AvgIpc) is 3.65. The van der Waals surface area contributed by atoms with E-state index in [1.54, 1.807) is 0 Å². The molecule has 7 atom stereocenters. The molecule has 9 heteroatoms. The first kappa shape index (κ1) is 80.6. The van der Waals surface area contributed by atoms with E-state index in [0.717, 1.165) is 116 Å². The van der Waals surface area contributed by atoms with Gasteiger partial charge in [0, 0.05) is 6.42 Å². The van der Waals surface area contributed by atoms with Crippen LogP contribution in [0.4, 0.5) is 0 Å². The van der Waals surface area contributed by atoms with E-state index in [4.69, 9.17) is 9.47 Å². The third-order valence-electron chi connectivity index (χ3n) is 16.3. The van der Waals surface area contributed by atoms with Gasteiger partial charge in [-0.05, 0) is 89.9 Å². The predicted molar refractivity (Wildman–Crippen MR) is 368 cm³/mol. The predicted octanol–water partition coefficient (Wildman–Crippen LogP) is 19.8. The molecule has 0 aromatic heterocycles. The van der Waals surface area contributed by atoms with E-state index >= 15 is 0 Å². The number of carbonyl (C=O) groups is 1. The number of carbonyl (C=O) groups excluding carboxylic acids is 1. The van der Waals surface area contributed by atoms with E-state index < -0.39 is 49.5 Å². The highest BCUT2D eigenvalue weighted by atomic mass is 16.7. The van der Waals surface area contributed by atoms with Crippen LogP contribution in [0.15, 0.2) is 122 Å². The molecule has 1 saturated heterocycles. The van der Waals surface area contributed by atoms with Crippen molar-refractivity contribution in [2.45, 2.75) is 346 Å². The number of aliphatic hydroxyl groups is 5. The van der Waals surface area contributed by atoms with Crippen LogP contribution in [-0.2, 0) is 14.3 Å². The molecule has 0 aromatic carbocycles. The molecule has 494 valence electrons. The molecule has 0 radical (unpaired) electrons. The van der Waals surface area contributed by atoms with Crippen molar-refractivity contribution >= 4 is 5.91 Å². The highest BCUT2D eigenvalue weighted by Crippen LogP contribution is 2.23. The summed E-state index contributed by atoms with van der Waals surface area (Å²) in [5.41, 5.74) is 0. The van der Waals surface area contributed by atoms with Crippen LogP contribution in [0.5, 0.6) is 0 Å². The van der Waals surface area contributed by atoms with E-state index in [0.29, 0.717) is 12.8 Å². The number of rotatable bonds is 61. The van der Waals surface area contributed by atoms with Crippen LogP contribution in [-0.4, -0.2) is 87.5 Å². The first-order valence-electron chi connectivity index (χ1n) is 35.7. The molecule has 86 heavy (non-hydrogen) atoms. The fourth-order valence-electron chi connectivity index (χ4n) is 10.8. The van der Waals surface area contributed by atoms with Gasteiger partial charge < -0.3 is 40.3 Å². The van der Waals surface area contributed by atoms with Crippen molar-refractivity contribution in [2.75, 3.05) is 13.2 Å². The van der Waals surface area contributed by atoms with Crippen LogP contribution in [0.3, 0.4) is 0 Å². The third-order valence-corrected chi connectivity index (χ3v) is 16.3. The Bertz CT molecular complexity index is 1780. The molecule has 0 aliphatic carbocycles. The molecule has 0 saturated carbocycles. The number of unbranched alkanes of at least 4 members (excludes halogenated alkanes) is 31. The van der Waals surface area contributed by atoms with Gasteiger partial charge in [0.25, 0.3) is 0 Å². The SMILES string of the molecule is CC/C=C\C/C=C\C/C=C\C/C=C\C/C=C\C/C=C\C/C=C\C/C=C\C/C=C\C/C=C\CCCCCCC(=O)NC(COC1OC(CO)C(O)C(O)C1O)C(O)CCCCCCCCCCCCCCCCCCCCCCCCCCCCCC. The fourth-order valence-corrected chi connectivity index (χ4v) is 10.8. The summed E-state index contributed by atoms with van der Waals surface area (Å²) in [5, 5.41) is 54.9. The smallest absolute Gasteiger partial charge is 0.220 e. The average molecular weight is 1200 g/mol. The Kier molecular flexibility index (Phi) is 60.5. The molecule has 0 bridgehead atoms. The molecular weight excluding hydrogens is 1070 g/mol. The van der Waals surface area contributed by atoms with Gasteiger partial charge in [-0.15, -0.1) is 0 Å². The van der Waals surface area contributed by atoms with Gasteiger partial charge in [-0.2, -0.15) is 0 Å². The van der Waals surface area contributed by atoms with Crippen molar-refractivity contribution in [1.82, 2.24) is 5.32 Å². The highest BCUT2D eigenvalue weighted by molar-refractivity contribution is 5.76. The van der Waals surface area contributed by atoms with Crippen molar-refractivity contribution in [3.8, 4) is 0 Å². The first-order chi connectivity index (χ1) is 42.3. The van der Waals surface area contributed by atoms with Crippen LogP contribution in [0, 0.1) is 0 Å². The number of ether oxygens (including phenoxy) is 2. The number of allylic oxidation sites excluding steroid dienone is 20. The second kappa shape index (κ2) is 64.6. The monoisotopic (exact) mass is 1200 g/mol. The number of hydrogen-bond donors (Lipinski definition) is 6. The lowest BCUT2D eigenvalue weighted by molar-refractivity contribution is -0.302. The first-order valence-corrected chi connectivity index (χ1v) is 35.7. The van der Waals surface area contributed by atoms with Crippen molar-refractivity contribution in [2.24, 2.45) is 0 Å². The summed E-state index contributed by atoms with van der Waals surface area (Å²) in [6, 6.07) is -0.744. The molecule has 9 nitrogen and oxygen atoms in total. The molecule has 1 amide bonds. The maximum atomic E-state index is 13.2. The quantitative estimate of drug-likeness (QED) is 0.0261. The van der Waals surface area contributed by atoms with Crippen LogP contribution in [0.1, 0.15) is 303 Å². The number of hydrogen-bond acceptors (Lipinski definition) is 8. The van der Waals surface area contributed by atoms with Crippen molar-refractivity contribution in [3.63, 3.8) is 0 Å². The number of amides is 1. The zero-order chi connectivity index (χ0) is 62.1. The van der Waals surface area contributed by atoms with E-state index in [2.05, 4.69) is 141 Å². The molecule has 1 fully saturated rings. The van der Waals surface area contributed by atoms with E-state index in [1.807, 2.05) is 0 Å². The lowest BCUT2D eigenvalue weighted by Crippen LogP contribution is -2.60. The van der Waals surface area contributed by atoms with Gasteiger partial charge in [-0.3, -0.25) is 4.79 Å². The van der Waals surface area contributed by atoms with E-state index in [1.165, 1.54) is 161 Å². The van der Waals surface area contributed by atoms with Crippen molar-refractivity contribution in [1.29, 1.82) is 0 Å². The zero-order valence-electron chi connectivity index (χ0n) is 55.3. The van der Waals surface area contributed by atoms with Gasteiger partial charge in [-0.25, -0.2) is 0 Å². The summed E-state index contributed by atoms with van der Waals surface area (Å²) < 4.78 is 11.4. The standard InChI is InChI=1S/C77H133NO8/c1-3-5-7-9-11-13-15-17-19-21-23-25-27-29-31-33-34-35-36-37-38-39-41-43-45-47-49-51-53-55-57-59-61-63-65-67-73(81)78-70(69-85-77-76(84)75(83)74(82)72(68-79)86-77)71(80)66-64-62-60-58-56-54-52-50-48-46-44-42-40-32-30-28-26-24-22-20-18-16-14-12-10-8-6-4-2/h5,7,11,13,17,19,23,25,29,31,34-35,37-38,41,43,47,49,53,55,70-72,74-77,79-80,82-84H,3-4,6,8-10,12,14-16,18,20-22,24,26-28,30,32-33,36,39-40,42,44-46,48,50-52,54,56-69H2,1-2H3,(H,78,81)/b7-5-,13-11-,19-17-,25-23-,31-29-,35-34-,38-37-,43-41-,49-47-,55-53-. The lowest BCUT2D eigenvalue weighted by Gasteiger charge is -2.40. The van der Waals surface area contributed by atoms with Gasteiger partial charge in [0.1, 0.15) is 24.4 Å². The summed E-state index contributed by atoms with van der Waals surface area (Å²) >= 11 is 0. The molecule has 7 unspecified atom stereocenters. The lowest BCUT2D eigenvalue weighted by atomic mass is 9.99. The van der Waals surface area contributed by atoms with Gasteiger partial charge in [0.15, 0.2) is 6.29 Å². The van der Waals surface area contributed by atoms with E-state index in [-0.39, 0.29) is 12.5 Å². The molecule has 0 aromatic rings. The number of aliphatic hydroxyl groups excluding tert-OH is 5. The minimum Gasteiger partial charge on any atom is -0.394 e. The summed E-state index contributed by atoms with van der Waals surface area (Å²) in [5.74, 6) is -0.170. The summed E-state index contributed by atoms with van der Waals surface area (Å²) in [6.45, 7) is 3.74. The Labute approximate surface area is 528 Å². The molecule has 6 N–H and O–H groups in total. The fraction of sp³-hybridized carbons (Fsp3) is 0.727. The molecule has 1 rings (SSSR count). The number of nitrogens with one attached hydrogen (secondary N) is 1. The Morgan fingerprint density at radius 1 is 0.407 bits per heavy atom. The van der Waals surface area contributed by atoms with Gasteiger partial charge in [-0.1, -0.05) is 328 Å². The minimum atomic E-state index is -1.57. The normalized spacial score (nSPS) is 18.8. The second-order valence-corrected chi connectivity index (χ2v) is 24.3. The Morgan fingerprint density at radius 2 is 0.721 bits per heavy atom. The Balaban J connectivity index is 2.17. The third kappa shape index (κ3) is 52.5. The maximum absolute atomic E-state index is 13.2. The summed E-state index contributed by atoms with van der Waals surface area (Å²) in [6.07, 6.45) is 89.7. The molecular formula is C77H133NO8. The van der Waals surface area contributed by atoms with Crippen LogP contribution in [0.25, 0.3) is 0 Å². The van der Waals surface area contributed by atoms with Crippen molar-refractivity contribution in [3.05, 3.63) is 122 Å². The second-order valence-electron chi connectivity index (χ2n) is 24.3. The molecule has 0 spiro atoms. The molecule has 1 aliphatic rings. The van der Waals surface area contributed by atoms with Crippen molar-refractivity contribution < 1.29 is 39.8 Å². The van der Waals surface area contributed by atoms with E-state index in [9.17, 15) is 30.3 Å². The van der Waals surface area contributed by atoms with Crippen LogP contribution < -0.4 is 5.32 Å². The molecule has 1 aliphatic heterocycles. The highest BCUT2D eigenvalue weighted by Gasteiger charge is 2.44. The van der Waals surface area contributed by atoms with Gasteiger partial charge >= 0.3 is 0 Å². The van der Waals surface area contributed by atoms with Crippen LogP contribution >= 0.6 is 0 Å². The maximum Gasteiger partial charge on any atom is 0.220 e. The van der Waals surface area contributed by atoms with Gasteiger partial charge in [0.05, 0.1) is 25.4 Å². The Hall–Kier alpha value is -3.41. The zero-order valence-corrected chi connectivity index (χ0v) is 55.3. The topological polar surface area (TPSA) is 149 Å². The van der Waals surface area contributed by atoms with Gasteiger partial charge in [0.2, 0.25) is 5.91 Å². The Morgan fingerprint density at radius 3 is 1.07 bits per heavy atom. The molecule has 1 heterocycles. The summed E-state index contributed by atoms with van der Waals surface area (Å²) in [4.78, 5) is 13.2. The van der Waals surface area contributed by atoms with Crippen LogP contribution in [0.2, 0.25) is 0 Å².